The van der Waals surface area contributed by atoms with Crippen LogP contribution in [0.3, 0.4) is 0 Å². The molecule has 118 valence electrons. The van der Waals surface area contributed by atoms with Crippen molar-refractivity contribution >= 4 is 26.8 Å². The average Bonchev–Trinajstić information content (AvgIpc) is 3.04. The molecule has 1 aromatic carbocycles. The van der Waals surface area contributed by atoms with Gasteiger partial charge in [0.25, 0.3) is 0 Å². The van der Waals surface area contributed by atoms with Gasteiger partial charge in [-0.2, -0.15) is 0 Å². The lowest BCUT2D eigenvalue weighted by Crippen LogP contribution is -2.28. The monoisotopic (exact) mass is 323 g/mol. The molecule has 1 saturated heterocycles. The highest BCUT2D eigenvalue weighted by atomic mass is 32.2. The summed E-state index contributed by atoms with van der Waals surface area (Å²) in [5.74, 6) is 0.232. The summed E-state index contributed by atoms with van der Waals surface area (Å²) in [6.45, 7) is 0.446. The molecule has 1 aliphatic rings. The molecule has 0 aliphatic carbocycles. The molecule has 1 aliphatic heterocycles. The number of aromatic nitrogens is 2. The second-order valence-corrected chi connectivity index (χ2v) is 8.04. The molecule has 0 saturated carbocycles. The zero-order valence-electron chi connectivity index (χ0n) is 12.2. The Morgan fingerprint density at radius 2 is 2.14 bits per heavy atom. The van der Waals surface area contributed by atoms with Crippen molar-refractivity contribution in [3.05, 3.63) is 23.8 Å². The summed E-state index contributed by atoms with van der Waals surface area (Å²) in [5.41, 5.74) is 2.26. The molecule has 1 atom stereocenters. The van der Waals surface area contributed by atoms with Crippen LogP contribution in [0, 0.1) is 5.92 Å². The number of hydrogen-bond donors (Lipinski definition) is 0. The summed E-state index contributed by atoms with van der Waals surface area (Å²) in [7, 11) is -1.22. The van der Waals surface area contributed by atoms with Crippen molar-refractivity contribution in [1.29, 1.82) is 0 Å². The molecule has 0 N–H and O–H groups in total. The summed E-state index contributed by atoms with van der Waals surface area (Å²) in [6, 6.07) is 5.50. The predicted octanol–water partition coefficient (Wildman–Crippen LogP) is 1.01. The fourth-order valence-corrected chi connectivity index (χ4v) is 4.59. The Hall–Kier alpha value is -1.96. The molecular weight excluding hydrogens is 306 g/mol. The van der Waals surface area contributed by atoms with Gasteiger partial charge in [0.2, 0.25) is 5.91 Å². The Morgan fingerprint density at radius 1 is 1.36 bits per heavy atom. The van der Waals surface area contributed by atoms with Crippen LogP contribution in [0.15, 0.2) is 22.8 Å². The zero-order chi connectivity index (χ0) is 15.7. The summed E-state index contributed by atoms with van der Waals surface area (Å²) < 4.78 is 27.5. The summed E-state index contributed by atoms with van der Waals surface area (Å²) in [5, 5.41) is 7.51. The van der Waals surface area contributed by atoms with E-state index in [0.717, 1.165) is 5.56 Å². The molecule has 2 aromatic rings. The molecule has 0 radical (unpaired) electrons. The van der Waals surface area contributed by atoms with E-state index in [0.29, 0.717) is 24.0 Å². The van der Waals surface area contributed by atoms with Crippen LogP contribution in [0.25, 0.3) is 11.0 Å². The summed E-state index contributed by atoms with van der Waals surface area (Å²) >= 11 is 0. The number of carbonyl (C=O) groups excluding carboxylic acids is 1. The molecule has 0 unspecified atom stereocenters. The van der Waals surface area contributed by atoms with Crippen LogP contribution in [-0.2, 0) is 21.2 Å². The van der Waals surface area contributed by atoms with Crippen molar-refractivity contribution in [2.24, 2.45) is 5.92 Å². The Bertz CT molecular complexity index is 799. The van der Waals surface area contributed by atoms with Crippen molar-refractivity contribution in [2.75, 3.05) is 18.6 Å². The maximum absolute atomic E-state index is 12.2. The van der Waals surface area contributed by atoms with E-state index in [4.69, 9.17) is 0 Å². The van der Waals surface area contributed by atoms with E-state index in [2.05, 4.69) is 14.9 Å². The number of carbonyl (C=O) groups is 1. The fourth-order valence-electron chi connectivity index (χ4n) is 2.72. The van der Waals surface area contributed by atoms with Crippen LogP contribution in [-0.4, -0.2) is 48.1 Å². The second kappa shape index (κ2) is 5.68. The Morgan fingerprint density at radius 3 is 2.86 bits per heavy atom. The molecule has 7 nitrogen and oxygen atoms in total. The largest absolute Gasteiger partial charge is 0.341 e. The number of rotatable bonds is 4. The van der Waals surface area contributed by atoms with Crippen molar-refractivity contribution in [1.82, 2.24) is 15.2 Å². The number of nitrogens with zero attached hydrogens (tertiary/aromatic N) is 3. The van der Waals surface area contributed by atoms with Crippen molar-refractivity contribution in [3.63, 3.8) is 0 Å². The van der Waals surface area contributed by atoms with Gasteiger partial charge in [-0.3, -0.25) is 4.79 Å². The average molecular weight is 323 g/mol. The number of hydrogen-bond acceptors (Lipinski definition) is 6. The third-order valence-electron chi connectivity index (χ3n) is 3.95. The van der Waals surface area contributed by atoms with Crippen molar-refractivity contribution in [2.45, 2.75) is 19.4 Å². The molecule has 1 fully saturated rings. The van der Waals surface area contributed by atoms with Crippen LogP contribution in [0.5, 0.6) is 0 Å². The molecule has 8 heteroatoms. The van der Waals surface area contributed by atoms with Gasteiger partial charge in [-0.05, 0) is 40.3 Å². The molecular formula is C14H17N3O4S. The molecule has 0 bridgehead atoms. The summed E-state index contributed by atoms with van der Waals surface area (Å²) in [4.78, 5) is 13.8. The van der Waals surface area contributed by atoms with Gasteiger partial charge in [0.15, 0.2) is 9.84 Å². The van der Waals surface area contributed by atoms with E-state index in [1.165, 1.54) is 0 Å². The zero-order valence-corrected chi connectivity index (χ0v) is 13.0. The van der Waals surface area contributed by atoms with Crippen molar-refractivity contribution in [3.8, 4) is 0 Å². The quantitative estimate of drug-likeness (QED) is 0.833. The highest BCUT2D eigenvalue weighted by Crippen LogP contribution is 2.22. The number of fused-ring (bicyclic) bond motifs is 1. The maximum atomic E-state index is 12.2. The highest BCUT2D eigenvalue weighted by Gasteiger charge is 2.30. The number of amides is 1. The third kappa shape index (κ3) is 3.27. The maximum Gasteiger partial charge on any atom is 0.222 e. The second-order valence-electron chi connectivity index (χ2n) is 5.81. The minimum absolute atomic E-state index is 0.0412. The number of sulfone groups is 1. The first kappa shape index (κ1) is 15.0. The first-order valence-corrected chi connectivity index (χ1v) is 8.91. The highest BCUT2D eigenvalue weighted by molar-refractivity contribution is 7.91. The molecule has 0 spiro atoms. The van der Waals surface area contributed by atoms with E-state index in [-0.39, 0.29) is 29.8 Å². The molecule has 3 rings (SSSR count). The standard InChI is InChI=1S/C14H17N3O4S/c1-17(14(18)7-11-4-5-22(19,20)9-11)8-10-2-3-12-13(6-10)16-21-15-12/h2-3,6,11H,4-5,7-9H2,1H3/t11-/m0/s1. The van der Waals surface area contributed by atoms with Gasteiger partial charge in [0, 0.05) is 20.0 Å². The van der Waals surface area contributed by atoms with Gasteiger partial charge < -0.3 is 4.90 Å². The van der Waals surface area contributed by atoms with Crippen LogP contribution in [0.4, 0.5) is 0 Å². The molecule has 22 heavy (non-hydrogen) atoms. The van der Waals surface area contributed by atoms with Crippen molar-refractivity contribution < 1.29 is 17.8 Å². The van der Waals surface area contributed by atoms with E-state index in [9.17, 15) is 13.2 Å². The Kier molecular flexibility index (Phi) is 3.86. The van der Waals surface area contributed by atoms with Crippen LogP contribution in [0.1, 0.15) is 18.4 Å². The lowest BCUT2D eigenvalue weighted by Gasteiger charge is -2.19. The lowest BCUT2D eigenvalue weighted by atomic mass is 10.0. The Balaban J connectivity index is 1.61. The van der Waals surface area contributed by atoms with E-state index in [1.54, 1.807) is 18.0 Å². The SMILES string of the molecule is CN(Cc1ccc2nonc2c1)C(=O)C[C@@H]1CCS(=O)(=O)C1. The van der Waals surface area contributed by atoms with Gasteiger partial charge in [-0.15, -0.1) is 0 Å². The topological polar surface area (TPSA) is 93.4 Å². The Labute approximate surface area is 128 Å². The fraction of sp³-hybridized carbons (Fsp3) is 0.500. The molecule has 1 amide bonds. The first-order chi connectivity index (χ1) is 10.4. The van der Waals surface area contributed by atoms with Crippen LogP contribution in [0.2, 0.25) is 0 Å². The van der Waals surface area contributed by atoms with Gasteiger partial charge >= 0.3 is 0 Å². The molecule has 1 aromatic heterocycles. The minimum atomic E-state index is -2.94. The smallest absolute Gasteiger partial charge is 0.222 e. The summed E-state index contributed by atoms with van der Waals surface area (Å²) in [6.07, 6.45) is 0.863. The lowest BCUT2D eigenvalue weighted by molar-refractivity contribution is -0.131. The van der Waals surface area contributed by atoms with E-state index in [1.807, 2.05) is 12.1 Å². The van der Waals surface area contributed by atoms with Gasteiger partial charge in [-0.25, -0.2) is 13.0 Å². The van der Waals surface area contributed by atoms with Gasteiger partial charge in [0.1, 0.15) is 11.0 Å². The normalized spacial score (nSPS) is 20.3. The predicted molar refractivity (Wildman–Crippen MR) is 79.7 cm³/mol. The first-order valence-electron chi connectivity index (χ1n) is 7.08. The molecule has 2 heterocycles. The van der Waals surface area contributed by atoms with Gasteiger partial charge in [0.05, 0.1) is 11.5 Å². The van der Waals surface area contributed by atoms with Crippen LogP contribution >= 0.6 is 0 Å². The minimum Gasteiger partial charge on any atom is -0.341 e. The van der Waals surface area contributed by atoms with Crippen LogP contribution < -0.4 is 0 Å². The van der Waals surface area contributed by atoms with E-state index < -0.39 is 9.84 Å². The van der Waals surface area contributed by atoms with Gasteiger partial charge in [-0.1, -0.05) is 6.07 Å². The third-order valence-corrected chi connectivity index (χ3v) is 5.79. The van der Waals surface area contributed by atoms with E-state index >= 15 is 0 Å². The number of benzene rings is 1.